The van der Waals surface area contributed by atoms with Crippen molar-refractivity contribution in [1.29, 1.82) is 0 Å². The molecule has 2 unspecified atom stereocenters. The van der Waals surface area contributed by atoms with E-state index in [2.05, 4.69) is 11.8 Å². The van der Waals surface area contributed by atoms with Gasteiger partial charge in [0, 0.05) is 32.2 Å². The van der Waals surface area contributed by atoms with Crippen molar-refractivity contribution in [3.05, 3.63) is 11.8 Å². The van der Waals surface area contributed by atoms with Crippen LogP contribution in [0.25, 0.3) is 0 Å². The van der Waals surface area contributed by atoms with Gasteiger partial charge in [0.2, 0.25) is 0 Å². The molecule has 0 aromatic rings. The van der Waals surface area contributed by atoms with Crippen molar-refractivity contribution in [1.82, 2.24) is 9.80 Å². The van der Waals surface area contributed by atoms with E-state index in [9.17, 15) is 4.79 Å². The van der Waals surface area contributed by atoms with Crippen LogP contribution in [0.4, 0.5) is 0 Å². The van der Waals surface area contributed by atoms with Crippen molar-refractivity contribution in [2.75, 3.05) is 46.0 Å². The van der Waals surface area contributed by atoms with Crippen LogP contribution in [0.15, 0.2) is 11.8 Å². The quantitative estimate of drug-likeness (QED) is 0.752. The monoisotopic (exact) mass is 280 g/mol. The van der Waals surface area contributed by atoms with E-state index in [0.717, 1.165) is 64.4 Å². The smallest absolute Gasteiger partial charge is 0.252 e. The summed E-state index contributed by atoms with van der Waals surface area (Å²) in [5.41, 5.74) is 0.839. The van der Waals surface area contributed by atoms with E-state index < -0.39 is 0 Å². The molecule has 5 nitrogen and oxygen atoms in total. The van der Waals surface area contributed by atoms with Crippen LogP contribution in [0.1, 0.15) is 19.8 Å². The summed E-state index contributed by atoms with van der Waals surface area (Å²) in [5.74, 6) is 0.703. The van der Waals surface area contributed by atoms with Gasteiger partial charge in [-0.3, -0.25) is 9.69 Å². The summed E-state index contributed by atoms with van der Waals surface area (Å²) in [4.78, 5) is 17.0. The largest absolute Gasteiger partial charge is 0.501 e. The third-order valence-corrected chi connectivity index (χ3v) is 4.58. The fourth-order valence-corrected chi connectivity index (χ4v) is 3.42. The van der Waals surface area contributed by atoms with Gasteiger partial charge in [-0.25, -0.2) is 0 Å². The topological polar surface area (TPSA) is 42.0 Å². The summed E-state index contributed by atoms with van der Waals surface area (Å²) in [6.07, 6.45) is 3.47. The molecule has 2 saturated heterocycles. The third-order valence-electron chi connectivity index (χ3n) is 4.58. The first-order chi connectivity index (χ1) is 9.75. The lowest BCUT2D eigenvalue weighted by Gasteiger charge is -2.34. The lowest BCUT2D eigenvalue weighted by molar-refractivity contribution is -0.127. The molecule has 112 valence electrons. The van der Waals surface area contributed by atoms with Crippen LogP contribution in [-0.4, -0.2) is 67.7 Å². The zero-order chi connectivity index (χ0) is 13.9. The van der Waals surface area contributed by atoms with Gasteiger partial charge in [0.1, 0.15) is 0 Å². The first kappa shape index (κ1) is 13.9. The van der Waals surface area contributed by atoms with Gasteiger partial charge in [0.05, 0.1) is 31.7 Å². The second-order valence-electron chi connectivity index (χ2n) is 6.02. The Morgan fingerprint density at radius 1 is 1.25 bits per heavy atom. The Kier molecular flexibility index (Phi) is 4.27. The normalized spacial score (nSPS) is 31.9. The number of hydrogen-bond acceptors (Lipinski definition) is 4. The number of carbonyl (C=O) groups excluding carboxylic acids is 1. The Labute approximate surface area is 120 Å². The van der Waals surface area contributed by atoms with E-state index in [1.165, 1.54) is 0 Å². The van der Waals surface area contributed by atoms with Crippen molar-refractivity contribution < 1.29 is 14.3 Å². The highest BCUT2D eigenvalue weighted by Gasteiger charge is 2.37. The first-order valence-corrected chi connectivity index (χ1v) is 7.67. The summed E-state index contributed by atoms with van der Waals surface area (Å²) in [6, 6.07) is 0.480. The zero-order valence-corrected chi connectivity index (χ0v) is 12.2. The average Bonchev–Trinajstić information content (AvgIpc) is 2.90. The van der Waals surface area contributed by atoms with Crippen LogP contribution >= 0.6 is 0 Å². The minimum atomic E-state index is 0.173. The van der Waals surface area contributed by atoms with E-state index in [0.29, 0.717) is 12.0 Å². The molecular formula is C15H24N2O3. The van der Waals surface area contributed by atoms with E-state index in [4.69, 9.17) is 9.47 Å². The average molecular weight is 280 g/mol. The van der Waals surface area contributed by atoms with Crippen LogP contribution in [0.5, 0.6) is 0 Å². The molecule has 3 aliphatic rings. The van der Waals surface area contributed by atoms with Crippen LogP contribution < -0.4 is 0 Å². The number of carbonyl (C=O) groups is 1. The van der Waals surface area contributed by atoms with Crippen LogP contribution in [0.2, 0.25) is 0 Å². The molecule has 0 N–H and O–H groups in total. The predicted octanol–water partition coefficient (Wildman–Crippen LogP) is 0.860. The summed E-state index contributed by atoms with van der Waals surface area (Å²) >= 11 is 0. The molecule has 3 aliphatic heterocycles. The number of ether oxygens (including phenoxy) is 2. The molecule has 0 saturated carbocycles. The molecule has 0 bridgehead atoms. The highest BCUT2D eigenvalue weighted by atomic mass is 16.5. The van der Waals surface area contributed by atoms with Gasteiger partial charge in [0.15, 0.2) is 0 Å². The van der Waals surface area contributed by atoms with Crippen molar-refractivity contribution in [2.45, 2.75) is 25.8 Å². The van der Waals surface area contributed by atoms with Crippen molar-refractivity contribution in [3.8, 4) is 0 Å². The Morgan fingerprint density at radius 3 is 2.75 bits per heavy atom. The van der Waals surface area contributed by atoms with Gasteiger partial charge in [0.25, 0.3) is 5.91 Å². The minimum Gasteiger partial charge on any atom is -0.501 e. The number of hydrogen-bond donors (Lipinski definition) is 0. The summed E-state index contributed by atoms with van der Waals surface area (Å²) < 4.78 is 10.7. The molecule has 1 amide bonds. The second kappa shape index (κ2) is 6.14. The number of morpholine rings is 1. The Balaban J connectivity index is 1.62. The van der Waals surface area contributed by atoms with Gasteiger partial charge < -0.3 is 14.4 Å². The highest BCUT2D eigenvalue weighted by molar-refractivity contribution is 5.93. The first-order valence-electron chi connectivity index (χ1n) is 7.67. The maximum Gasteiger partial charge on any atom is 0.252 e. The standard InChI is InChI=1S/C15H24N2O3/c1-12-9-17(15(18)13-3-2-6-20-11-13)10-14(12)16-4-7-19-8-5-16/h11-12,14H,2-10H2,1H3. The molecule has 5 heteroatoms. The minimum absolute atomic E-state index is 0.173. The molecule has 3 rings (SSSR count). The van der Waals surface area contributed by atoms with Gasteiger partial charge in [-0.05, 0) is 18.8 Å². The van der Waals surface area contributed by atoms with Gasteiger partial charge in [-0.1, -0.05) is 6.92 Å². The van der Waals surface area contributed by atoms with Crippen molar-refractivity contribution in [2.24, 2.45) is 5.92 Å². The van der Waals surface area contributed by atoms with E-state index in [-0.39, 0.29) is 5.91 Å². The number of nitrogens with zero attached hydrogens (tertiary/aromatic N) is 2. The summed E-state index contributed by atoms with van der Waals surface area (Å²) in [6.45, 7) is 8.30. The van der Waals surface area contributed by atoms with Crippen LogP contribution in [-0.2, 0) is 14.3 Å². The predicted molar refractivity (Wildman–Crippen MR) is 75.2 cm³/mol. The molecule has 2 atom stereocenters. The molecule has 0 radical (unpaired) electrons. The van der Waals surface area contributed by atoms with Crippen LogP contribution in [0, 0.1) is 5.92 Å². The van der Waals surface area contributed by atoms with E-state index in [1.54, 1.807) is 6.26 Å². The Morgan fingerprint density at radius 2 is 2.05 bits per heavy atom. The highest BCUT2D eigenvalue weighted by Crippen LogP contribution is 2.25. The maximum atomic E-state index is 12.5. The molecule has 3 heterocycles. The van der Waals surface area contributed by atoms with Gasteiger partial charge in [-0.2, -0.15) is 0 Å². The lowest BCUT2D eigenvalue weighted by atomic mass is 10.0. The summed E-state index contributed by atoms with van der Waals surface area (Å²) in [5, 5.41) is 0. The fourth-order valence-electron chi connectivity index (χ4n) is 3.42. The summed E-state index contributed by atoms with van der Waals surface area (Å²) in [7, 11) is 0. The van der Waals surface area contributed by atoms with Crippen molar-refractivity contribution in [3.63, 3.8) is 0 Å². The third kappa shape index (κ3) is 2.83. The molecule has 20 heavy (non-hydrogen) atoms. The van der Waals surface area contributed by atoms with Gasteiger partial charge in [-0.15, -0.1) is 0 Å². The van der Waals surface area contributed by atoms with Gasteiger partial charge >= 0.3 is 0 Å². The van der Waals surface area contributed by atoms with E-state index >= 15 is 0 Å². The molecule has 0 spiro atoms. The molecule has 2 fully saturated rings. The maximum absolute atomic E-state index is 12.5. The number of rotatable bonds is 2. The lowest BCUT2D eigenvalue weighted by Crippen LogP contribution is -2.47. The Bertz CT molecular complexity index is 391. The van der Waals surface area contributed by atoms with Crippen LogP contribution in [0.3, 0.4) is 0 Å². The zero-order valence-electron chi connectivity index (χ0n) is 12.2. The molecular weight excluding hydrogens is 256 g/mol. The van der Waals surface area contributed by atoms with Crippen molar-refractivity contribution >= 4 is 5.91 Å². The van der Waals surface area contributed by atoms with E-state index in [1.807, 2.05) is 4.90 Å². The molecule has 0 aromatic carbocycles. The SMILES string of the molecule is CC1CN(C(=O)C2=COCCC2)CC1N1CCOCC1. The number of amides is 1. The molecule has 0 aliphatic carbocycles. The Hall–Kier alpha value is -1.07. The molecule has 0 aromatic heterocycles. The number of likely N-dealkylation sites (tertiary alicyclic amines) is 1. The second-order valence-corrected chi connectivity index (χ2v) is 6.02. The fraction of sp³-hybridized carbons (Fsp3) is 0.800.